The zero-order valence-corrected chi connectivity index (χ0v) is 26.6. The Morgan fingerprint density at radius 1 is 0.540 bits per heavy atom. The highest BCUT2D eigenvalue weighted by molar-refractivity contribution is 6.16. The lowest BCUT2D eigenvalue weighted by Crippen LogP contribution is -2.18. The quantitative estimate of drug-likeness (QED) is 0.181. The monoisotopic (exact) mass is 639 g/mol. The highest BCUT2D eigenvalue weighted by atomic mass is 16.5. The van der Waals surface area contributed by atoms with Crippen LogP contribution in [-0.2, 0) is 0 Å². The second kappa shape index (κ2) is 10.6. The van der Waals surface area contributed by atoms with Crippen LogP contribution >= 0.6 is 0 Å². The Bertz CT molecular complexity index is 2750. The SMILES string of the molecule is [C-]#[N+]c1cc(-c2cc(C#N)cc(N3c4ccccc4-n4c5ccccc5c5cccc3c54)c2)cc(N2c3ccccc3Oc3ccccc32)c1. The van der Waals surface area contributed by atoms with E-state index in [0.717, 1.165) is 73.5 Å². The molecule has 8 aromatic rings. The summed E-state index contributed by atoms with van der Waals surface area (Å²) >= 11 is 0. The van der Waals surface area contributed by atoms with Gasteiger partial charge in [-0.25, -0.2) is 4.85 Å². The lowest BCUT2D eigenvalue weighted by molar-refractivity contribution is 0.477. The van der Waals surface area contributed by atoms with Crippen molar-refractivity contribution in [2.45, 2.75) is 0 Å². The number of para-hydroxylation sites is 8. The van der Waals surface area contributed by atoms with Crippen LogP contribution in [0.4, 0.5) is 39.8 Å². The van der Waals surface area contributed by atoms with Crippen molar-refractivity contribution in [1.82, 2.24) is 4.57 Å². The fourth-order valence-electron chi connectivity index (χ4n) is 7.59. The predicted molar refractivity (Wildman–Crippen MR) is 200 cm³/mol. The smallest absolute Gasteiger partial charge is 0.189 e. The van der Waals surface area contributed by atoms with Gasteiger partial charge >= 0.3 is 0 Å². The number of nitrogens with zero attached hydrogens (tertiary/aromatic N) is 5. The van der Waals surface area contributed by atoms with Crippen LogP contribution in [0, 0.1) is 17.9 Å². The summed E-state index contributed by atoms with van der Waals surface area (Å²) in [4.78, 5) is 8.29. The molecule has 6 nitrogen and oxygen atoms in total. The Morgan fingerprint density at radius 2 is 1.12 bits per heavy atom. The van der Waals surface area contributed by atoms with Gasteiger partial charge < -0.3 is 19.1 Å². The highest BCUT2D eigenvalue weighted by Crippen LogP contribution is 2.52. The molecule has 0 spiro atoms. The van der Waals surface area contributed by atoms with E-state index in [1.54, 1.807) is 0 Å². The normalized spacial score (nSPS) is 12.4. The first-order chi connectivity index (χ1) is 24.7. The number of aromatic nitrogens is 1. The first kappa shape index (κ1) is 27.8. The molecule has 3 heterocycles. The van der Waals surface area contributed by atoms with Gasteiger partial charge in [0.05, 0.1) is 57.7 Å². The molecule has 0 bridgehead atoms. The summed E-state index contributed by atoms with van der Waals surface area (Å²) in [6, 6.07) is 53.5. The molecule has 0 saturated carbocycles. The lowest BCUT2D eigenvalue weighted by Gasteiger charge is -2.34. The summed E-state index contributed by atoms with van der Waals surface area (Å²) in [6.07, 6.45) is 0. The van der Waals surface area contributed by atoms with Gasteiger partial charge in [-0.3, -0.25) is 0 Å². The maximum absolute atomic E-state index is 10.4. The molecule has 0 aliphatic carbocycles. The van der Waals surface area contributed by atoms with E-state index >= 15 is 0 Å². The number of anilines is 6. The highest BCUT2D eigenvalue weighted by Gasteiger charge is 2.29. The van der Waals surface area contributed by atoms with Crippen LogP contribution < -0.4 is 14.5 Å². The number of ether oxygens (including phenoxy) is 1. The van der Waals surface area contributed by atoms with Gasteiger partial charge in [0.2, 0.25) is 0 Å². The molecule has 0 N–H and O–H groups in total. The molecule has 10 rings (SSSR count). The third kappa shape index (κ3) is 4.00. The summed E-state index contributed by atoms with van der Waals surface area (Å²) in [5, 5.41) is 12.7. The van der Waals surface area contributed by atoms with E-state index in [0.29, 0.717) is 11.3 Å². The molecule has 2 aliphatic heterocycles. The van der Waals surface area contributed by atoms with E-state index in [4.69, 9.17) is 11.3 Å². The average molecular weight is 640 g/mol. The fourth-order valence-corrected chi connectivity index (χ4v) is 7.59. The van der Waals surface area contributed by atoms with Gasteiger partial charge in [0.1, 0.15) is 0 Å². The summed E-state index contributed by atoms with van der Waals surface area (Å²) in [5.74, 6) is 1.48. The van der Waals surface area contributed by atoms with Crippen molar-refractivity contribution in [2.24, 2.45) is 0 Å². The fraction of sp³-hybridized carbons (Fsp3) is 0. The first-order valence-corrected chi connectivity index (χ1v) is 16.4. The Balaban J connectivity index is 1.19. The van der Waals surface area contributed by atoms with Crippen LogP contribution in [0.25, 0.3) is 43.5 Å². The molecule has 0 amide bonds. The van der Waals surface area contributed by atoms with Gasteiger partial charge in [-0.2, -0.15) is 5.26 Å². The Hall–Kier alpha value is -7.28. The van der Waals surface area contributed by atoms with Gasteiger partial charge in [-0.05, 0) is 96.1 Å². The number of benzene rings is 7. The zero-order valence-electron chi connectivity index (χ0n) is 26.6. The van der Waals surface area contributed by atoms with Crippen LogP contribution in [0.5, 0.6) is 11.5 Å². The molecule has 6 heteroatoms. The maximum atomic E-state index is 10.4. The minimum Gasteiger partial charge on any atom is -0.453 e. The Morgan fingerprint density at radius 3 is 1.86 bits per heavy atom. The summed E-state index contributed by atoms with van der Waals surface area (Å²) < 4.78 is 8.62. The Kier molecular flexibility index (Phi) is 5.90. The molecule has 0 saturated heterocycles. The van der Waals surface area contributed by atoms with E-state index in [1.165, 1.54) is 10.8 Å². The van der Waals surface area contributed by atoms with Crippen LogP contribution in [-0.4, -0.2) is 4.57 Å². The molecule has 0 atom stereocenters. The van der Waals surface area contributed by atoms with E-state index in [1.807, 2.05) is 72.8 Å². The molecule has 0 radical (unpaired) electrons. The predicted octanol–water partition coefficient (Wildman–Crippen LogP) is 12.2. The second-order valence-electron chi connectivity index (χ2n) is 12.5. The number of fused-ring (bicyclic) bond motifs is 7. The zero-order chi connectivity index (χ0) is 33.3. The van der Waals surface area contributed by atoms with E-state index in [2.05, 4.69) is 104 Å². The van der Waals surface area contributed by atoms with Crippen molar-refractivity contribution in [1.29, 1.82) is 5.26 Å². The first-order valence-electron chi connectivity index (χ1n) is 16.4. The molecule has 2 aliphatic rings. The molecule has 0 fully saturated rings. The van der Waals surface area contributed by atoms with Crippen molar-refractivity contribution < 1.29 is 4.74 Å². The minimum atomic E-state index is 0.500. The van der Waals surface area contributed by atoms with Crippen LogP contribution in [0.2, 0.25) is 0 Å². The topological polar surface area (TPSA) is 48.8 Å². The molecule has 7 aromatic carbocycles. The molecule has 0 unspecified atom stereocenters. The number of hydrogen-bond acceptors (Lipinski definition) is 4. The van der Waals surface area contributed by atoms with Crippen molar-refractivity contribution in [2.75, 3.05) is 9.80 Å². The van der Waals surface area contributed by atoms with Crippen LogP contribution in [0.15, 0.2) is 152 Å². The Labute approximate surface area is 288 Å². The van der Waals surface area contributed by atoms with Crippen molar-refractivity contribution in [3.8, 4) is 34.4 Å². The molecule has 232 valence electrons. The molecular formula is C44H25N5O. The van der Waals surface area contributed by atoms with E-state index in [-0.39, 0.29) is 0 Å². The largest absolute Gasteiger partial charge is 0.453 e. The average Bonchev–Trinajstić information content (AvgIpc) is 3.52. The van der Waals surface area contributed by atoms with Crippen molar-refractivity contribution >= 4 is 61.6 Å². The third-order valence-electron chi connectivity index (χ3n) is 9.64. The van der Waals surface area contributed by atoms with Gasteiger partial charge in [0, 0.05) is 22.1 Å². The maximum Gasteiger partial charge on any atom is 0.189 e. The van der Waals surface area contributed by atoms with Gasteiger partial charge in [0.15, 0.2) is 17.2 Å². The minimum absolute atomic E-state index is 0.500. The van der Waals surface area contributed by atoms with Gasteiger partial charge in [-0.1, -0.05) is 66.7 Å². The van der Waals surface area contributed by atoms with Crippen molar-refractivity contribution in [3.05, 3.63) is 169 Å². The van der Waals surface area contributed by atoms with Crippen molar-refractivity contribution in [3.63, 3.8) is 0 Å². The number of hydrogen-bond donors (Lipinski definition) is 0. The summed E-state index contributed by atoms with van der Waals surface area (Å²) in [6.45, 7) is 8.06. The number of nitriles is 1. The molecule has 1 aromatic heterocycles. The van der Waals surface area contributed by atoms with E-state index < -0.39 is 0 Å². The van der Waals surface area contributed by atoms with E-state index in [9.17, 15) is 5.26 Å². The third-order valence-corrected chi connectivity index (χ3v) is 9.64. The van der Waals surface area contributed by atoms with Crippen LogP contribution in [0.1, 0.15) is 5.56 Å². The van der Waals surface area contributed by atoms with Gasteiger partial charge in [0.25, 0.3) is 0 Å². The number of rotatable bonds is 3. The molecule has 50 heavy (non-hydrogen) atoms. The van der Waals surface area contributed by atoms with Gasteiger partial charge in [-0.15, -0.1) is 0 Å². The summed E-state index contributed by atoms with van der Waals surface area (Å²) in [5.41, 5.74) is 11.6. The summed E-state index contributed by atoms with van der Waals surface area (Å²) in [7, 11) is 0. The lowest BCUT2D eigenvalue weighted by atomic mass is 9.99. The molecular weight excluding hydrogens is 615 g/mol. The second-order valence-corrected chi connectivity index (χ2v) is 12.5. The standard InChI is InChI=1S/C44H25N5O/c1-46-31-23-30(25-33(26-31)48-39-16-6-8-19-42(39)50-43-20-9-7-17-40(43)48)29-21-28(27-45)22-32(24-29)47-37-14-4-5-15-38(37)49-36-13-3-2-11-34(36)35-12-10-18-41(47)44(35)49/h2-26H. The van der Waals surface area contributed by atoms with Crippen LogP contribution in [0.3, 0.4) is 0 Å².